The van der Waals surface area contributed by atoms with Crippen LogP contribution in [0.25, 0.3) is 0 Å². The van der Waals surface area contributed by atoms with E-state index in [0.29, 0.717) is 5.56 Å². The highest BCUT2D eigenvalue weighted by atomic mass is 32.2. The van der Waals surface area contributed by atoms with Gasteiger partial charge < -0.3 is 4.74 Å². The molecule has 0 bridgehead atoms. The summed E-state index contributed by atoms with van der Waals surface area (Å²) < 4.78 is 53.5. The van der Waals surface area contributed by atoms with Crippen LogP contribution in [0.1, 0.15) is 5.56 Å². The lowest BCUT2D eigenvalue weighted by molar-refractivity contribution is -0.0498. The van der Waals surface area contributed by atoms with Gasteiger partial charge in [-0.15, -0.1) is 0 Å². The zero-order valence-corrected chi connectivity index (χ0v) is 11.2. The van der Waals surface area contributed by atoms with Crippen LogP contribution in [0.3, 0.4) is 0 Å². The van der Waals surface area contributed by atoms with Crippen molar-refractivity contribution in [3.63, 3.8) is 0 Å². The zero-order valence-electron chi connectivity index (χ0n) is 10.4. The van der Waals surface area contributed by atoms with Gasteiger partial charge in [0.25, 0.3) is 0 Å². The molecule has 2 rings (SSSR count). The maximum atomic E-state index is 12.1. The second-order valence-corrected chi connectivity index (χ2v) is 5.83. The first-order valence-corrected chi connectivity index (χ1v) is 7.14. The van der Waals surface area contributed by atoms with Crippen molar-refractivity contribution >= 4 is 9.84 Å². The summed E-state index contributed by atoms with van der Waals surface area (Å²) in [6.07, 6.45) is 1.15. The Bertz CT molecular complexity index is 683. The summed E-state index contributed by atoms with van der Waals surface area (Å²) in [5, 5.41) is 3.55. The van der Waals surface area contributed by atoms with E-state index < -0.39 is 16.4 Å². The second kappa shape index (κ2) is 5.53. The van der Waals surface area contributed by atoms with Crippen molar-refractivity contribution in [3.05, 3.63) is 36.2 Å². The first kappa shape index (κ1) is 14.4. The fourth-order valence-electron chi connectivity index (χ4n) is 1.62. The number of aromatic nitrogens is 3. The van der Waals surface area contributed by atoms with Gasteiger partial charge in [-0.3, -0.25) is 0 Å². The number of sulfone groups is 1. The summed E-state index contributed by atoms with van der Waals surface area (Å²) in [7, 11) is -2.16. The smallest absolute Gasteiger partial charge is 0.387 e. The predicted molar refractivity (Wildman–Crippen MR) is 65.0 cm³/mol. The molecule has 0 aliphatic carbocycles. The van der Waals surface area contributed by atoms with E-state index in [1.807, 2.05) is 0 Å². The molecule has 0 radical (unpaired) electrons. The van der Waals surface area contributed by atoms with Gasteiger partial charge in [-0.1, -0.05) is 12.1 Å². The van der Waals surface area contributed by atoms with Crippen molar-refractivity contribution in [3.8, 4) is 5.75 Å². The van der Waals surface area contributed by atoms with Crippen molar-refractivity contribution < 1.29 is 21.9 Å². The van der Waals surface area contributed by atoms with Crippen LogP contribution in [0.2, 0.25) is 0 Å². The van der Waals surface area contributed by atoms with Crippen LogP contribution in [0.4, 0.5) is 8.78 Å². The van der Waals surface area contributed by atoms with E-state index in [1.54, 1.807) is 0 Å². The van der Waals surface area contributed by atoms with Crippen LogP contribution in [0.15, 0.2) is 35.7 Å². The summed E-state index contributed by atoms with van der Waals surface area (Å²) in [5.41, 5.74) is 0.439. The van der Waals surface area contributed by atoms with Crippen LogP contribution in [0.5, 0.6) is 5.75 Å². The third-order valence-corrected chi connectivity index (χ3v) is 4.09. The third-order valence-electron chi connectivity index (χ3n) is 2.45. The molecule has 0 aliphatic rings. The molecule has 20 heavy (non-hydrogen) atoms. The second-order valence-electron chi connectivity index (χ2n) is 3.95. The van der Waals surface area contributed by atoms with Gasteiger partial charge in [0.15, 0.2) is 0 Å². The predicted octanol–water partition coefficient (Wildman–Crippen LogP) is 1.39. The van der Waals surface area contributed by atoms with Crippen molar-refractivity contribution in [1.82, 2.24) is 14.8 Å². The molecule has 0 atom stereocenters. The lowest BCUT2D eigenvalue weighted by Gasteiger charge is -2.06. The average Bonchev–Trinajstić information content (AvgIpc) is 2.78. The number of halogens is 2. The molecule has 0 N–H and O–H groups in total. The lowest BCUT2D eigenvalue weighted by Crippen LogP contribution is -2.11. The fraction of sp³-hybridized carbons (Fsp3) is 0.273. The van der Waals surface area contributed by atoms with Gasteiger partial charge in [-0.05, 0) is 17.7 Å². The minimum Gasteiger partial charge on any atom is -0.435 e. The minimum atomic E-state index is -3.64. The maximum absolute atomic E-state index is 12.1. The molecular formula is C11H11F2N3O3S. The van der Waals surface area contributed by atoms with E-state index in [4.69, 9.17) is 0 Å². The molecule has 0 spiro atoms. The summed E-state index contributed by atoms with van der Waals surface area (Å²) in [6.45, 7) is -2.91. The average molecular weight is 303 g/mol. The number of hydrogen-bond acceptors (Lipinski definition) is 5. The molecule has 6 nitrogen and oxygen atoms in total. The Morgan fingerprint density at radius 2 is 1.95 bits per heavy atom. The van der Waals surface area contributed by atoms with Gasteiger partial charge in [0.05, 0.1) is 5.75 Å². The van der Waals surface area contributed by atoms with Crippen LogP contribution in [0, 0.1) is 0 Å². The van der Waals surface area contributed by atoms with Crippen molar-refractivity contribution in [2.24, 2.45) is 7.05 Å². The van der Waals surface area contributed by atoms with E-state index >= 15 is 0 Å². The molecule has 9 heteroatoms. The Morgan fingerprint density at radius 1 is 1.30 bits per heavy atom. The van der Waals surface area contributed by atoms with Gasteiger partial charge in [0.2, 0.25) is 15.0 Å². The van der Waals surface area contributed by atoms with Crippen LogP contribution < -0.4 is 4.74 Å². The summed E-state index contributed by atoms with van der Waals surface area (Å²) >= 11 is 0. The molecule has 1 heterocycles. The highest BCUT2D eigenvalue weighted by molar-refractivity contribution is 7.90. The zero-order chi connectivity index (χ0) is 14.8. The SMILES string of the molecule is Cn1ncnc1S(=O)(=O)Cc1ccc(OC(F)F)cc1. The lowest BCUT2D eigenvalue weighted by atomic mass is 10.2. The van der Waals surface area contributed by atoms with E-state index in [0.717, 1.165) is 11.0 Å². The van der Waals surface area contributed by atoms with E-state index in [9.17, 15) is 17.2 Å². The topological polar surface area (TPSA) is 74.1 Å². The molecule has 0 fully saturated rings. The molecule has 1 aromatic carbocycles. The Hall–Kier alpha value is -2.03. The molecular weight excluding hydrogens is 292 g/mol. The van der Waals surface area contributed by atoms with Crippen LogP contribution >= 0.6 is 0 Å². The Labute approximate surface area is 113 Å². The summed E-state index contributed by atoms with van der Waals surface area (Å²) in [4.78, 5) is 3.68. The van der Waals surface area contributed by atoms with Crippen LogP contribution in [-0.2, 0) is 22.6 Å². The highest BCUT2D eigenvalue weighted by Gasteiger charge is 2.20. The molecule has 0 unspecified atom stereocenters. The summed E-state index contributed by atoms with van der Waals surface area (Å²) in [5.74, 6) is -0.325. The Morgan fingerprint density at radius 3 is 2.45 bits per heavy atom. The first-order valence-electron chi connectivity index (χ1n) is 5.49. The van der Waals surface area contributed by atoms with Gasteiger partial charge >= 0.3 is 6.61 Å². The Balaban J connectivity index is 2.16. The third kappa shape index (κ3) is 3.29. The monoisotopic (exact) mass is 303 g/mol. The molecule has 0 saturated carbocycles. The highest BCUT2D eigenvalue weighted by Crippen LogP contribution is 2.18. The van der Waals surface area contributed by atoms with Gasteiger partial charge in [-0.2, -0.15) is 13.9 Å². The largest absolute Gasteiger partial charge is 0.435 e. The minimum absolute atomic E-state index is 0.0280. The molecule has 2 aromatic rings. The van der Waals surface area contributed by atoms with E-state index in [2.05, 4.69) is 14.8 Å². The number of ether oxygens (including phenoxy) is 1. The normalized spacial score (nSPS) is 11.8. The molecule has 0 amide bonds. The molecule has 0 aliphatic heterocycles. The maximum Gasteiger partial charge on any atom is 0.387 e. The Kier molecular flexibility index (Phi) is 3.98. The van der Waals surface area contributed by atoms with E-state index in [1.165, 1.54) is 31.3 Å². The van der Waals surface area contributed by atoms with Crippen molar-refractivity contribution in [2.45, 2.75) is 17.5 Å². The molecule has 0 saturated heterocycles. The number of nitrogens with zero attached hydrogens (tertiary/aromatic N) is 3. The molecule has 1 aromatic heterocycles. The fourth-order valence-corrected chi connectivity index (χ4v) is 3.04. The molecule has 108 valence electrons. The van der Waals surface area contributed by atoms with Gasteiger partial charge in [0, 0.05) is 7.05 Å². The number of alkyl halides is 2. The summed E-state index contributed by atoms with van der Waals surface area (Å²) in [6, 6.07) is 5.39. The first-order chi connectivity index (χ1) is 9.38. The quantitative estimate of drug-likeness (QED) is 0.834. The standard InChI is InChI=1S/C11H11F2N3O3S/c1-16-11(14-7-15-16)20(17,18)6-8-2-4-9(5-3-8)19-10(12)13/h2-5,7,10H,6H2,1H3. The number of rotatable bonds is 5. The van der Waals surface area contributed by atoms with Crippen molar-refractivity contribution in [2.75, 3.05) is 0 Å². The van der Waals surface area contributed by atoms with Crippen molar-refractivity contribution in [1.29, 1.82) is 0 Å². The van der Waals surface area contributed by atoms with Crippen LogP contribution in [-0.4, -0.2) is 29.8 Å². The number of aryl methyl sites for hydroxylation is 1. The van der Waals surface area contributed by atoms with E-state index in [-0.39, 0.29) is 16.7 Å². The number of benzene rings is 1. The number of hydrogen-bond donors (Lipinski definition) is 0. The van der Waals surface area contributed by atoms with Gasteiger partial charge in [-0.25, -0.2) is 18.1 Å². The van der Waals surface area contributed by atoms with Gasteiger partial charge in [0.1, 0.15) is 12.1 Å².